The minimum atomic E-state index is -4.51. The molecule has 1 saturated heterocycles. The summed E-state index contributed by atoms with van der Waals surface area (Å²) >= 11 is 5.87. The molecule has 2 heterocycles. The quantitative estimate of drug-likeness (QED) is 0.809. The third-order valence-corrected chi connectivity index (χ3v) is 4.31. The van der Waals surface area contributed by atoms with E-state index < -0.39 is 11.9 Å². The molecule has 0 aliphatic carbocycles. The van der Waals surface area contributed by atoms with Crippen LogP contribution in [0, 0.1) is 0 Å². The van der Waals surface area contributed by atoms with E-state index in [0.29, 0.717) is 31.2 Å². The van der Waals surface area contributed by atoms with Gasteiger partial charge >= 0.3 is 6.18 Å². The van der Waals surface area contributed by atoms with Crippen LogP contribution in [0.1, 0.15) is 16.1 Å². The molecule has 1 aromatic carbocycles. The molecule has 0 radical (unpaired) electrons. The van der Waals surface area contributed by atoms with E-state index in [1.807, 2.05) is 24.3 Å². The molecule has 1 fully saturated rings. The third-order valence-electron chi connectivity index (χ3n) is 4.06. The Morgan fingerprint density at radius 3 is 2.16 bits per heavy atom. The maximum absolute atomic E-state index is 12.5. The summed E-state index contributed by atoms with van der Waals surface area (Å²) < 4.78 is 37.6. The first-order valence-electron chi connectivity index (χ1n) is 7.67. The summed E-state index contributed by atoms with van der Waals surface area (Å²) in [5.41, 5.74) is 0.178. The number of nitrogens with zero attached hydrogens (tertiary/aromatic N) is 3. The van der Waals surface area contributed by atoms with Crippen molar-refractivity contribution in [1.82, 2.24) is 9.88 Å². The number of anilines is 1. The minimum absolute atomic E-state index is 0.160. The van der Waals surface area contributed by atoms with Crippen LogP contribution in [0.25, 0.3) is 0 Å². The smallest absolute Gasteiger partial charge is 0.368 e. The Morgan fingerprint density at radius 1 is 1.00 bits per heavy atom. The number of aromatic nitrogens is 1. The SMILES string of the molecule is O=C(c1ccc(C(F)(F)F)nc1)N1CCN(c2ccc(Cl)cc2)CC1. The lowest BCUT2D eigenvalue weighted by Crippen LogP contribution is -2.48. The van der Waals surface area contributed by atoms with Gasteiger partial charge in [-0.2, -0.15) is 13.2 Å². The molecule has 0 bridgehead atoms. The molecule has 0 unspecified atom stereocenters. The fourth-order valence-electron chi connectivity index (χ4n) is 2.69. The Balaban J connectivity index is 1.62. The van der Waals surface area contributed by atoms with Crippen LogP contribution in [0.5, 0.6) is 0 Å². The summed E-state index contributed by atoms with van der Waals surface area (Å²) in [4.78, 5) is 19.5. The van der Waals surface area contributed by atoms with Gasteiger partial charge in [0.05, 0.1) is 5.56 Å². The molecular formula is C17H15ClF3N3O. The highest BCUT2D eigenvalue weighted by atomic mass is 35.5. The highest BCUT2D eigenvalue weighted by Crippen LogP contribution is 2.27. The number of benzene rings is 1. The maximum atomic E-state index is 12.5. The number of pyridine rings is 1. The molecule has 0 N–H and O–H groups in total. The summed E-state index contributed by atoms with van der Waals surface area (Å²) in [6.45, 7) is 2.26. The predicted octanol–water partition coefficient (Wildman–Crippen LogP) is 3.72. The minimum Gasteiger partial charge on any atom is -0.368 e. The number of halogens is 4. The average Bonchev–Trinajstić information content (AvgIpc) is 2.61. The van der Waals surface area contributed by atoms with Crippen LogP contribution in [-0.2, 0) is 6.18 Å². The average molecular weight is 370 g/mol. The fourth-order valence-corrected chi connectivity index (χ4v) is 2.82. The summed E-state index contributed by atoms with van der Waals surface area (Å²) in [7, 11) is 0. The van der Waals surface area contributed by atoms with Gasteiger partial charge in [0, 0.05) is 43.1 Å². The van der Waals surface area contributed by atoms with E-state index in [4.69, 9.17) is 11.6 Å². The van der Waals surface area contributed by atoms with Gasteiger partial charge in [-0.3, -0.25) is 9.78 Å². The molecule has 1 aliphatic heterocycles. The molecule has 3 rings (SSSR count). The third kappa shape index (κ3) is 4.04. The normalized spacial score (nSPS) is 15.4. The van der Waals surface area contributed by atoms with Gasteiger partial charge in [-0.05, 0) is 36.4 Å². The van der Waals surface area contributed by atoms with Crippen molar-refractivity contribution in [3.8, 4) is 0 Å². The molecular weight excluding hydrogens is 355 g/mol. The van der Waals surface area contributed by atoms with Crippen molar-refractivity contribution in [2.45, 2.75) is 6.18 Å². The van der Waals surface area contributed by atoms with Crippen molar-refractivity contribution in [1.29, 1.82) is 0 Å². The number of rotatable bonds is 2. The first-order chi connectivity index (χ1) is 11.8. The lowest BCUT2D eigenvalue weighted by Gasteiger charge is -2.36. The number of hydrogen-bond acceptors (Lipinski definition) is 3. The zero-order valence-corrected chi connectivity index (χ0v) is 13.9. The second kappa shape index (κ2) is 6.92. The van der Waals surface area contributed by atoms with Crippen LogP contribution in [0.15, 0.2) is 42.6 Å². The zero-order chi connectivity index (χ0) is 18.0. The molecule has 25 heavy (non-hydrogen) atoms. The Hall–Kier alpha value is -2.28. The van der Waals surface area contributed by atoms with Gasteiger partial charge in [-0.15, -0.1) is 0 Å². The first kappa shape index (κ1) is 17.5. The predicted molar refractivity (Wildman–Crippen MR) is 88.8 cm³/mol. The highest BCUT2D eigenvalue weighted by Gasteiger charge is 2.32. The van der Waals surface area contributed by atoms with Gasteiger partial charge in [-0.1, -0.05) is 11.6 Å². The molecule has 0 atom stereocenters. The van der Waals surface area contributed by atoms with Gasteiger partial charge in [0.2, 0.25) is 0 Å². The van der Waals surface area contributed by atoms with E-state index in [-0.39, 0.29) is 11.5 Å². The highest BCUT2D eigenvalue weighted by molar-refractivity contribution is 6.30. The number of amides is 1. The Morgan fingerprint density at radius 2 is 1.64 bits per heavy atom. The topological polar surface area (TPSA) is 36.4 Å². The molecule has 4 nitrogen and oxygen atoms in total. The molecule has 132 valence electrons. The number of alkyl halides is 3. The lowest BCUT2D eigenvalue weighted by atomic mass is 10.2. The van der Waals surface area contributed by atoms with Crippen LogP contribution in [0.2, 0.25) is 5.02 Å². The van der Waals surface area contributed by atoms with Gasteiger partial charge in [0.25, 0.3) is 5.91 Å². The van der Waals surface area contributed by atoms with E-state index in [1.54, 1.807) is 4.90 Å². The molecule has 1 amide bonds. The van der Waals surface area contributed by atoms with E-state index in [9.17, 15) is 18.0 Å². The van der Waals surface area contributed by atoms with E-state index >= 15 is 0 Å². The Labute approximate surface area is 147 Å². The second-order valence-electron chi connectivity index (χ2n) is 5.69. The fraction of sp³-hybridized carbons (Fsp3) is 0.294. The lowest BCUT2D eigenvalue weighted by molar-refractivity contribution is -0.141. The number of hydrogen-bond donors (Lipinski definition) is 0. The largest absolute Gasteiger partial charge is 0.433 e. The summed E-state index contributed by atoms with van der Waals surface area (Å²) in [6, 6.07) is 9.45. The Bertz CT molecular complexity index is 739. The number of piperazine rings is 1. The van der Waals surface area contributed by atoms with Crippen molar-refractivity contribution in [2.75, 3.05) is 31.1 Å². The maximum Gasteiger partial charge on any atom is 0.433 e. The zero-order valence-electron chi connectivity index (χ0n) is 13.1. The van der Waals surface area contributed by atoms with Gasteiger partial charge in [-0.25, -0.2) is 0 Å². The van der Waals surface area contributed by atoms with Crippen molar-refractivity contribution in [2.24, 2.45) is 0 Å². The monoisotopic (exact) mass is 369 g/mol. The van der Waals surface area contributed by atoms with Crippen molar-refractivity contribution in [3.63, 3.8) is 0 Å². The number of carbonyl (C=O) groups excluding carboxylic acids is 1. The van der Waals surface area contributed by atoms with Crippen LogP contribution in [0.4, 0.5) is 18.9 Å². The van der Waals surface area contributed by atoms with Gasteiger partial charge in [0.15, 0.2) is 0 Å². The van der Waals surface area contributed by atoms with Gasteiger partial charge in [0.1, 0.15) is 5.69 Å². The van der Waals surface area contributed by atoms with Crippen molar-refractivity contribution < 1.29 is 18.0 Å². The van der Waals surface area contributed by atoms with E-state index in [0.717, 1.165) is 18.0 Å². The Kier molecular flexibility index (Phi) is 4.85. The van der Waals surface area contributed by atoms with Gasteiger partial charge < -0.3 is 9.80 Å². The summed E-state index contributed by atoms with van der Waals surface area (Å²) in [5.74, 6) is -0.308. The molecule has 0 saturated carbocycles. The van der Waals surface area contributed by atoms with Crippen molar-refractivity contribution in [3.05, 3.63) is 58.9 Å². The molecule has 2 aromatic rings. The first-order valence-corrected chi connectivity index (χ1v) is 8.05. The number of carbonyl (C=O) groups is 1. The van der Waals surface area contributed by atoms with Crippen LogP contribution >= 0.6 is 11.6 Å². The van der Waals surface area contributed by atoms with Crippen LogP contribution in [0.3, 0.4) is 0 Å². The summed E-state index contributed by atoms with van der Waals surface area (Å²) in [6.07, 6.45) is -3.53. The standard InChI is InChI=1S/C17H15ClF3N3O/c18-13-2-4-14(5-3-13)23-7-9-24(10-8-23)16(25)12-1-6-15(22-11-12)17(19,20)21/h1-6,11H,7-10H2. The second-order valence-corrected chi connectivity index (χ2v) is 6.12. The summed E-state index contributed by atoms with van der Waals surface area (Å²) in [5, 5.41) is 0.660. The molecule has 8 heteroatoms. The molecule has 1 aliphatic rings. The van der Waals surface area contributed by atoms with Crippen LogP contribution in [-0.4, -0.2) is 42.0 Å². The molecule has 0 spiro atoms. The van der Waals surface area contributed by atoms with Crippen LogP contribution < -0.4 is 4.90 Å². The molecule has 1 aromatic heterocycles. The van der Waals surface area contributed by atoms with E-state index in [1.165, 1.54) is 6.07 Å². The van der Waals surface area contributed by atoms with Crippen molar-refractivity contribution >= 4 is 23.2 Å². The van der Waals surface area contributed by atoms with E-state index in [2.05, 4.69) is 9.88 Å².